The fraction of sp³-hybridized carbons (Fsp3) is 0. The fourth-order valence-corrected chi connectivity index (χ4v) is 0.980. The molecule has 1 aromatic carbocycles. The minimum Gasteiger partial charge on any atom is -0.478 e. The van der Waals surface area contributed by atoms with E-state index in [9.17, 15) is 9.59 Å². The SMILES string of the molecule is O=CC=Cc1ccccc1C(=O)O. The van der Waals surface area contributed by atoms with Gasteiger partial charge in [0.05, 0.1) is 5.56 Å². The van der Waals surface area contributed by atoms with Crippen LogP contribution in [-0.2, 0) is 4.79 Å². The summed E-state index contributed by atoms with van der Waals surface area (Å²) in [7, 11) is 0. The maximum Gasteiger partial charge on any atom is 0.336 e. The number of benzene rings is 1. The normalized spacial score (nSPS) is 10.2. The third-order valence-electron chi connectivity index (χ3n) is 1.55. The molecule has 0 atom stereocenters. The lowest BCUT2D eigenvalue weighted by molar-refractivity contribution is -0.104. The first-order valence-corrected chi connectivity index (χ1v) is 3.70. The van der Waals surface area contributed by atoms with Gasteiger partial charge in [-0.05, 0) is 17.7 Å². The molecule has 0 spiro atoms. The van der Waals surface area contributed by atoms with Crippen LogP contribution in [0.5, 0.6) is 0 Å². The lowest BCUT2D eigenvalue weighted by Crippen LogP contribution is -1.98. The quantitative estimate of drug-likeness (QED) is 0.562. The van der Waals surface area contributed by atoms with Gasteiger partial charge >= 0.3 is 5.97 Å². The molecule has 0 aliphatic rings. The van der Waals surface area contributed by atoms with E-state index in [4.69, 9.17) is 5.11 Å². The molecule has 0 aliphatic heterocycles. The van der Waals surface area contributed by atoms with Gasteiger partial charge in [0, 0.05) is 0 Å². The summed E-state index contributed by atoms with van der Waals surface area (Å²) in [6, 6.07) is 6.49. The van der Waals surface area contributed by atoms with Crippen LogP contribution < -0.4 is 0 Å². The number of carboxylic acids is 1. The standard InChI is InChI=1S/C10H8O3/c11-7-3-5-8-4-1-2-6-9(8)10(12)13/h1-7H,(H,12,13). The summed E-state index contributed by atoms with van der Waals surface area (Å²) >= 11 is 0. The van der Waals surface area contributed by atoms with Crippen LogP contribution >= 0.6 is 0 Å². The van der Waals surface area contributed by atoms with Gasteiger partial charge in [-0.15, -0.1) is 0 Å². The second-order valence-electron chi connectivity index (χ2n) is 2.39. The van der Waals surface area contributed by atoms with Gasteiger partial charge in [0.25, 0.3) is 0 Å². The van der Waals surface area contributed by atoms with Gasteiger partial charge in [-0.25, -0.2) is 4.79 Å². The third-order valence-corrected chi connectivity index (χ3v) is 1.55. The first-order valence-electron chi connectivity index (χ1n) is 3.70. The number of aromatic carboxylic acids is 1. The van der Waals surface area contributed by atoms with Crippen molar-refractivity contribution >= 4 is 18.3 Å². The zero-order valence-corrected chi connectivity index (χ0v) is 6.81. The summed E-state index contributed by atoms with van der Waals surface area (Å²) in [5.41, 5.74) is 0.725. The molecule has 13 heavy (non-hydrogen) atoms. The van der Waals surface area contributed by atoms with E-state index in [1.165, 1.54) is 18.2 Å². The van der Waals surface area contributed by atoms with Gasteiger partial charge in [0.2, 0.25) is 0 Å². The topological polar surface area (TPSA) is 54.4 Å². The lowest BCUT2D eigenvalue weighted by Gasteiger charge is -1.98. The minimum atomic E-state index is -0.994. The first kappa shape index (κ1) is 9.19. The van der Waals surface area contributed by atoms with Gasteiger partial charge in [0.1, 0.15) is 6.29 Å². The second kappa shape index (κ2) is 4.21. The lowest BCUT2D eigenvalue weighted by atomic mass is 10.1. The maximum absolute atomic E-state index is 10.7. The van der Waals surface area contributed by atoms with Crippen molar-refractivity contribution in [1.29, 1.82) is 0 Å². The summed E-state index contributed by atoms with van der Waals surface area (Å²) in [5, 5.41) is 8.74. The number of hydrogen-bond donors (Lipinski definition) is 1. The molecule has 1 N–H and O–H groups in total. The molecule has 0 bridgehead atoms. The zero-order chi connectivity index (χ0) is 9.68. The van der Waals surface area contributed by atoms with Crippen molar-refractivity contribution in [3.05, 3.63) is 41.5 Å². The molecular formula is C10H8O3. The highest BCUT2D eigenvalue weighted by Crippen LogP contribution is 2.09. The molecule has 0 unspecified atom stereocenters. The first-order chi connectivity index (χ1) is 6.25. The number of carbonyl (C=O) groups is 2. The highest BCUT2D eigenvalue weighted by molar-refractivity contribution is 5.93. The molecular weight excluding hydrogens is 168 g/mol. The summed E-state index contributed by atoms with van der Waals surface area (Å²) in [6.07, 6.45) is 3.34. The molecule has 0 saturated heterocycles. The summed E-state index contributed by atoms with van der Waals surface area (Å²) in [6.45, 7) is 0. The smallest absolute Gasteiger partial charge is 0.336 e. The summed E-state index contributed by atoms with van der Waals surface area (Å²) < 4.78 is 0. The largest absolute Gasteiger partial charge is 0.478 e. The molecule has 3 heteroatoms. The third kappa shape index (κ3) is 2.27. The molecule has 0 fully saturated rings. The van der Waals surface area contributed by atoms with Gasteiger partial charge in [-0.1, -0.05) is 24.3 Å². The van der Waals surface area contributed by atoms with Crippen LogP contribution in [0.1, 0.15) is 15.9 Å². The molecule has 66 valence electrons. The van der Waals surface area contributed by atoms with Crippen molar-refractivity contribution in [2.75, 3.05) is 0 Å². The van der Waals surface area contributed by atoms with Crippen molar-refractivity contribution in [2.24, 2.45) is 0 Å². The van der Waals surface area contributed by atoms with Crippen molar-refractivity contribution in [1.82, 2.24) is 0 Å². The Morgan fingerprint density at radius 1 is 1.31 bits per heavy atom. The van der Waals surface area contributed by atoms with E-state index >= 15 is 0 Å². The highest BCUT2D eigenvalue weighted by Gasteiger charge is 2.05. The van der Waals surface area contributed by atoms with Gasteiger partial charge in [-0.3, -0.25) is 4.79 Å². The Bertz CT molecular complexity index is 353. The Balaban J connectivity index is 3.11. The number of carbonyl (C=O) groups excluding carboxylic acids is 1. The van der Waals surface area contributed by atoms with E-state index < -0.39 is 5.97 Å². The van der Waals surface area contributed by atoms with Crippen molar-refractivity contribution in [3.8, 4) is 0 Å². The molecule has 0 heterocycles. The summed E-state index contributed by atoms with van der Waals surface area (Å²) in [5.74, 6) is -0.994. The fourth-order valence-electron chi connectivity index (χ4n) is 0.980. The number of aldehydes is 1. The van der Waals surface area contributed by atoms with Crippen LogP contribution in [0.2, 0.25) is 0 Å². The van der Waals surface area contributed by atoms with Crippen molar-refractivity contribution < 1.29 is 14.7 Å². The second-order valence-corrected chi connectivity index (χ2v) is 2.39. The predicted octanol–water partition coefficient (Wildman–Crippen LogP) is 1.60. The van der Waals surface area contributed by atoms with Crippen LogP contribution in [0, 0.1) is 0 Å². The molecule has 1 rings (SSSR count). The van der Waals surface area contributed by atoms with E-state index in [-0.39, 0.29) is 5.56 Å². The Hall–Kier alpha value is -1.90. The van der Waals surface area contributed by atoms with Crippen LogP contribution in [-0.4, -0.2) is 17.4 Å². The number of allylic oxidation sites excluding steroid dienone is 1. The Kier molecular flexibility index (Phi) is 2.97. The average molecular weight is 176 g/mol. The molecule has 0 aliphatic carbocycles. The minimum absolute atomic E-state index is 0.195. The van der Waals surface area contributed by atoms with E-state index in [2.05, 4.69) is 0 Å². The summed E-state index contributed by atoms with van der Waals surface area (Å²) in [4.78, 5) is 20.7. The Labute approximate surface area is 75.3 Å². The Morgan fingerprint density at radius 3 is 2.62 bits per heavy atom. The molecule has 1 aromatic rings. The Morgan fingerprint density at radius 2 is 2.00 bits per heavy atom. The molecule has 0 saturated carbocycles. The molecule has 0 radical (unpaired) electrons. The number of carboxylic acid groups (broad SMARTS) is 1. The van der Waals surface area contributed by atoms with E-state index in [0.717, 1.165) is 0 Å². The van der Waals surface area contributed by atoms with E-state index in [1.54, 1.807) is 18.2 Å². The zero-order valence-electron chi connectivity index (χ0n) is 6.81. The number of hydrogen-bond acceptors (Lipinski definition) is 2. The highest BCUT2D eigenvalue weighted by atomic mass is 16.4. The maximum atomic E-state index is 10.7. The average Bonchev–Trinajstić information content (AvgIpc) is 2.15. The van der Waals surface area contributed by atoms with Gasteiger partial charge < -0.3 is 5.11 Å². The van der Waals surface area contributed by atoms with E-state index in [0.29, 0.717) is 11.8 Å². The molecule has 3 nitrogen and oxygen atoms in total. The van der Waals surface area contributed by atoms with E-state index in [1.807, 2.05) is 0 Å². The van der Waals surface area contributed by atoms with Crippen LogP contribution in [0.25, 0.3) is 6.08 Å². The predicted molar refractivity (Wildman–Crippen MR) is 48.5 cm³/mol. The van der Waals surface area contributed by atoms with Crippen LogP contribution in [0.15, 0.2) is 30.3 Å². The van der Waals surface area contributed by atoms with Crippen LogP contribution in [0.4, 0.5) is 0 Å². The molecule has 0 amide bonds. The van der Waals surface area contributed by atoms with Gasteiger partial charge in [-0.2, -0.15) is 0 Å². The van der Waals surface area contributed by atoms with Gasteiger partial charge in [0.15, 0.2) is 0 Å². The number of rotatable bonds is 3. The van der Waals surface area contributed by atoms with Crippen LogP contribution in [0.3, 0.4) is 0 Å². The molecule has 0 aromatic heterocycles. The van der Waals surface area contributed by atoms with Crippen molar-refractivity contribution in [3.63, 3.8) is 0 Å². The monoisotopic (exact) mass is 176 g/mol. The van der Waals surface area contributed by atoms with Crippen molar-refractivity contribution in [2.45, 2.75) is 0 Å².